The van der Waals surface area contributed by atoms with Gasteiger partial charge in [-0.25, -0.2) is 0 Å². The molecule has 0 atom stereocenters. The second-order valence-electron chi connectivity index (χ2n) is 17.7. The number of benzene rings is 10. The van der Waals surface area contributed by atoms with E-state index in [0.717, 1.165) is 50.1 Å². The van der Waals surface area contributed by atoms with Crippen molar-refractivity contribution in [2.75, 3.05) is 4.90 Å². The number of furan rings is 1. The third kappa shape index (κ3) is 6.65. The van der Waals surface area contributed by atoms with Gasteiger partial charge in [-0.1, -0.05) is 208 Å². The number of hydrogen-bond acceptors (Lipinski definition) is 2. The van der Waals surface area contributed by atoms with E-state index in [1.165, 1.54) is 66.8 Å². The zero-order valence-corrected chi connectivity index (χ0v) is 36.4. The maximum absolute atomic E-state index is 6.47. The van der Waals surface area contributed by atoms with Crippen LogP contribution in [0.15, 0.2) is 241 Å². The first-order chi connectivity index (χ1) is 32.0. The van der Waals surface area contributed by atoms with E-state index < -0.39 is 0 Å². The minimum Gasteiger partial charge on any atom is -0.455 e. The smallest absolute Gasteiger partial charge is 0.143 e. The van der Waals surface area contributed by atoms with Gasteiger partial charge in [-0.2, -0.15) is 0 Å². The fourth-order valence-electron chi connectivity index (χ4n) is 10.1. The Hall–Kier alpha value is -8.20. The van der Waals surface area contributed by atoms with E-state index in [1.807, 2.05) is 12.1 Å². The number of hydrogen-bond donors (Lipinski definition) is 0. The van der Waals surface area contributed by atoms with Crippen LogP contribution in [-0.2, 0) is 5.41 Å². The lowest BCUT2D eigenvalue weighted by Gasteiger charge is -2.30. The molecular weight excluding hydrogens is 787 g/mol. The van der Waals surface area contributed by atoms with Crippen LogP contribution >= 0.6 is 0 Å². The summed E-state index contributed by atoms with van der Waals surface area (Å²) >= 11 is 0. The predicted molar refractivity (Wildman–Crippen MR) is 273 cm³/mol. The highest BCUT2D eigenvalue weighted by atomic mass is 16.3. The number of fused-ring (bicyclic) bond motifs is 6. The zero-order valence-electron chi connectivity index (χ0n) is 36.4. The molecule has 0 saturated heterocycles. The second-order valence-corrected chi connectivity index (χ2v) is 17.7. The summed E-state index contributed by atoms with van der Waals surface area (Å²) in [5.74, 6) is 0. The summed E-state index contributed by atoms with van der Waals surface area (Å²) in [6.07, 6.45) is 0. The third-order valence-corrected chi connectivity index (χ3v) is 13.5. The molecule has 0 radical (unpaired) electrons. The standard InChI is InChI=1S/C63H45NO/c1-63(2)58-40-49(46-30-28-45(29-31-46)44-26-24-43(25-27-44)42-14-5-3-6-15-42)34-38-54(58)55-39-37-51(41-59(55)63)64(60-22-11-9-18-52(60)47-16-7-4-8-17-47)50-35-32-48(33-36-50)53-20-13-21-57-56-19-10-12-23-61(56)65-62(53)57/h3-41H,1-2H3. The molecule has 0 amide bonds. The molecule has 10 aromatic carbocycles. The molecule has 0 aliphatic heterocycles. The lowest BCUT2D eigenvalue weighted by Crippen LogP contribution is -2.17. The minimum absolute atomic E-state index is 0.225. The van der Waals surface area contributed by atoms with E-state index in [9.17, 15) is 0 Å². The molecule has 0 fully saturated rings. The fourth-order valence-corrected chi connectivity index (χ4v) is 10.1. The summed E-state index contributed by atoms with van der Waals surface area (Å²) in [6, 6.07) is 85.8. The van der Waals surface area contributed by atoms with E-state index in [4.69, 9.17) is 4.42 Å². The Morgan fingerprint density at radius 2 is 0.785 bits per heavy atom. The number of rotatable bonds is 8. The van der Waals surface area contributed by atoms with Crippen LogP contribution in [0.2, 0.25) is 0 Å². The molecule has 0 bridgehead atoms. The molecular formula is C63H45NO. The molecule has 1 aromatic heterocycles. The van der Waals surface area contributed by atoms with Gasteiger partial charge < -0.3 is 9.32 Å². The highest BCUT2D eigenvalue weighted by Gasteiger charge is 2.36. The summed E-state index contributed by atoms with van der Waals surface area (Å²) in [4.78, 5) is 2.43. The van der Waals surface area contributed by atoms with E-state index >= 15 is 0 Å². The Morgan fingerprint density at radius 3 is 1.48 bits per heavy atom. The highest BCUT2D eigenvalue weighted by Crippen LogP contribution is 2.52. The molecule has 0 saturated carbocycles. The van der Waals surface area contributed by atoms with Gasteiger partial charge in [-0.15, -0.1) is 0 Å². The summed E-state index contributed by atoms with van der Waals surface area (Å²) in [5.41, 5.74) is 22.1. The quantitative estimate of drug-likeness (QED) is 0.152. The van der Waals surface area contributed by atoms with Crippen LogP contribution in [0.5, 0.6) is 0 Å². The Balaban J connectivity index is 0.901. The second kappa shape index (κ2) is 15.6. The van der Waals surface area contributed by atoms with Crippen molar-refractivity contribution in [3.05, 3.63) is 248 Å². The molecule has 11 aromatic rings. The zero-order chi connectivity index (χ0) is 43.5. The Bertz CT molecular complexity index is 3530. The van der Waals surface area contributed by atoms with Gasteiger partial charge in [-0.3, -0.25) is 0 Å². The first kappa shape index (κ1) is 38.5. The van der Waals surface area contributed by atoms with Crippen LogP contribution in [0.1, 0.15) is 25.0 Å². The molecule has 65 heavy (non-hydrogen) atoms. The highest BCUT2D eigenvalue weighted by molar-refractivity contribution is 6.09. The average molecular weight is 832 g/mol. The summed E-state index contributed by atoms with van der Waals surface area (Å²) < 4.78 is 6.47. The van der Waals surface area contributed by atoms with Gasteiger partial charge in [0.05, 0.1) is 5.69 Å². The third-order valence-electron chi connectivity index (χ3n) is 13.5. The first-order valence-corrected chi connectivity index (χ1v) is 22.5. The maximum Gasteiger partial charge on any atom is 0.143 e. The van der Waals surface area contributed by atoms with Gasteiger partial charge in [0.1, 0.15) is 11.2 Å². The SMILES string of the molecule is CC1(C)c2cc(-c3ccc(-c4ccc(-c5ccccc5)cc4)cc3)ccc2-c2ccc(N(c3ccc(-c4cccc5c4oc4ccccc45)cc3)c3ccccc3-c3ccccc3)cc21. The molecule has 308 valence electrons. The lowest BCUT2D eigenvalue weighted by molar-refractivity contribution is 0.660. The van der Waals surface area contributed by atoms with Crippen molar-refractivity contribution in [3.63, 3.8) is 0 Å². The number of anilines is 3. The topological polar surface area (TPSA) is 16.4 Å². The van der Waals surface area contributed by atoms with Crippen LogP contribution in [0.4, 0.5) is 17.1 Å². The summed E-state index contributed by atoms with van der Waals surface area (Å²) in [7, 11) is 0. The largest absolute Gasteiger partial charge is 0.455 e. The summed E-state index contributed by atoms with van der Waals surface area (Å²) in [6.45, 7) is 4.76. The van der Waals surface area contributed by atoms with E-state index in [1.54, 1.807) is 0 Å². The molecule has 0 unspecified atom stereocenters. The monoisotopic (exact) mass is 831 g/mol. The Morgan fingerprint density at radius 1 is 0.323 bits per heavy atom. The van der Waals surface area contributed by atoms with Crippen molar-refractivity contribution in [1.29, 1.82) is 0 Å². The maximum atomic E-state index is 6.47. The van der Waals surface area contributed by atoms with Crippen molar-refractivity contribution in [2.24, 2.45) is 0 Å². The lowest BCUT2D eigenvalue weighted by atomic mass is 9.81. The molecule has 1 aliphatic carbocycles. The van der Waals surface area contributed by atoms with Gasteiger partial charge in [0.25, 0.3) is 0 Å². The van der Waals surface area contributed by atoms with E-state index in [2.05, 4.69) is 243 Å². The van der Waals surface area contributed by atoms with E-state index in [0.29, 0.717) is 0 Å². The Labute approximate surface area is 380 Å². The van der Waals surface area contributed by atoms with Crippen LogP contribution < -0.4 is 4.90 Å². The number of nitrogens with zero attached hydrogens (tertiary/aromatic N) is 1. The van der Waals surface area contributed by atoms with Crippen molar-refractivity contribution >= 4 is 39.0 Å². The Kier molecular flexibility index (Phi) is 9.21. The van der Waals surface area contributed by atoms with Gasteiger partial charge >= 0.3 is 0 Å². The predicted octanol–water partition coefficient (Wildman–Crippen LogP) is 17.7. The van der Waals surface area contributed by atoms with Crippen LogP contribution in [0.25, 0.3) is 88.7 Å². The molecule has 0 spiro atoms. The first-order valence-electron chi connectivity index (χ1n) is 22.5. The normalized spacial score (nSPS) is 12.6. The molecule has 2 nitrogen and oxygen atoms in total. The molecule has 12 rings (SSSR count). The van der Waals surface area contributed by atoms with Crippen LogP contribution in [0.3, 0.4) is 0 Å². The van der Waals surface area contributed by atoms with Crippen molar-refractivity contribution in [1.82, 2.24) is 0 Å². The molecule has 1 heterocycles. The van der Waals surface area contributed by atoms with Gasteiger partial charge in [0, 0.05) is 38.7 Å². The van der Waals surface area contributed by atoms with E-state index in [-0.39, 0.29) is 5.41 Å². The van der Waals surface area contributed by atoms with Crippen molar-refractivity contribution in [2.45, 2.75) is 19.3 Å². The summed E-state index contributed by atoms with van der Waals surface area (Å²) in [5, 5.41) is 2.27. The van der Waals surface area contributed by atoms with Gasteiger partial charge in [0.2, 0.25) is 0 Å². The average Bonchev–Trinajstić information content (AvgIpc) is 3.86. The molecule has 2 heteroatoms. The van der Waals surface area contributed by atoms with Crippen LogP contribution in [0, 0.1) is 0 Å². The van der Waals surface area contributed by atoms with Gasteiger partial charge in [0.15, 0.2) is 0 Å². The van der Waals surface area contributed by atoms with Gasteiger partial charge in [-0.05, 0) is 109 Å². The molecule has 0 N–H and O–H groups in total. The van der Waals surface area contributed by atoms with Crippen molar-refractivity contribution < 1.29 is 4.42 Å². The molecule has 1 aliphatic rings. The van der Waals surface area contributed by atoms with Crippen LogP contribution in [-0.4, -0.2) is 0 Å². The van der Waals surface area contributed by atoms with Crippen molar-refractivity contribution in [3.8, 4) is 66.8 Å². The number of para-hydroxylation sites is 3. The minimum atomic E-state index is -0.225. The fraction of sp³-hybridized carbons (Fsp3) is 0.0476.